The molecule has 38 heavy (non-hydrogen) atoms. The number of hydrogen-bond acceptors (Lipinski definition) is 5. The number of hydrogen-bond donors (Lipinski definition) is 1. The fourth-order valence-electron chi connectivity index (χ4n) is 4.97. The Morgan fingerprint density at radius 2 is 1.53 bits per heavy atom. The van der Waals surface area contributed by atoms with E-state index in [4.69, 9.17) is 18.8 Å². The predicted octanol–water partition coefficient (Wildman–Crippen LogP) is 6.25. The first kappa shape index (κ1) is 26.1. The average molecular weight is 511 g/mol. The van der Waals surface area contributed by atoms with Crippen molar-refractivity contribution >= 4 is 19.3 Å². The van der Waals surface area contributed by atoms with Gasteiger partial charge in [0.15, 0.2) is 0 Å². The first-order valence-electron chi connectivity index (χ1n) is 13.0. The second kappa shape index (κ2) is 10.3. The van der Waals surface area contributed by atoms with Gasteiger partial charge < -0.3 is 24.1 Å². The van der Waals surface area contributed by atoms with Crippen LogP contribution in [0.15, 0.2) is 78.3 Å². The van der Waals surface area contributed by atoms with Gasteiger partial charge >= 0.3 is 13.2 Å². The molecule has 6 nitrogen and oxygen atoms in total. The summed E-state index contributed by atoms with van der Waals surface area (Å²) in [6.07, 6.45) is 1.48. The molecule has 0 unspecified atom stereocenters. The van der Waals surface area contributed by atoms with Gasteiger partial charge in [-0.25, -0.2) is 4.79 Å². The van der Waals surface area contributed by atoms with E-state index in [-0.39, 0.29) is 19.1 Å². The van der Waals surface area contributed by atoms with E-state index in [1.165, 1.54) is 22.3 Å². The Balaban J connectivity index is 1.30. The van der Waals surface area contributed by atoms with Crippen LogP contribution in [0.5, 0.6) is 5.75 Å². The fourth-order valence-corrected chi connectivity index (χ4v) is 4.97. The van der Waals surface area contributed by atoms with E-state index in [0.29, 0.717) is 0 Å². The van der Waals surface area contributed by atoms with Crippen molar-refractivity contribution in [3.05, 3.63) is 95.0 Å². The Morgan fingerprint density at radius 1 is 0.921 bits per heavy atom. The van der Waals surface area contributed by atoms with Crippen LogP contribution in [0, 0.1) is 0 Å². The van der Waals surface area contributed by atoms with Crippen LogP contribution in [0.4, 0.5) is 4.79 Å². The summed E-state index contributed by atoms with van der Waals surface area (Å²) in [6.45, 7) is 8.50. The van der Waals surface area contributed by atoms with Gasteiger partial charge in [-0.15, -0.1) is 0 Å². The van der Waals surface area contributed by atoms with E-state index >= 15 is 0 Å². The quantitative estimate of drug-likeness (QED) is 0.380. The predicted molar refractivity (Wildman–Crippen MR) is 150 cm³/mol. The van der Waals surface area contributed by atoms with E-state index in [0.717, 1.165) is 16.8 Å². The third-order valence-electron chi connectivity index (χ3n) is 7.78. The van der Waals surface area contributed by atoms with E-state index in [9.17, 15) is 4.79 Å². The van der Waals surface area contributed by atoms with Crippen LogP contribution < -0.4 is 10.1 Å². The fraction of sp³-hybridized carbons (Fsp3) is 0.323. The maximum atomic E-state index is 12.9. The number of nitrogens with one attached hydrogen (secondary N) is 1. The van der Waals surface area contributed by atoms with Crippen molar-refractivity contribution in [2.75, 3.05) is 20.3 Å². The van der Waals surface area contributed by atoms with Crippen molar-refractivity contribution in [1.82, 2.24) is 5.32 Å². The molecule has 1 amide bonds. The smallest absolute Gasteiger partial charge is 0.492 e. The van der Waals surface area contributed by atoms with Gasteiger partial charge in [0.25, 0.3) is 0 Å². The monoisotopic (exact) mass is 511 g/mol. The first-order valence-corrected chi connectivity index (χ1v) is 13.0. The molecule has 0 saturated carbocycles. The van der Waals surface area contributed by atoms with Crippen LogP contribution in [-0.4, -0.2) is 44.7 Å². The highest BCUT2D eigenvalue weighted by Crippen LogP contribution is 2.44. The van der Waals surface area contributed by atoms with Gasteiger partial charge in [0.1, 0.15) is 12.4 Å². The van der Waals surface area contributed by atoms with Crippen LogP contribution in [0.2, 0.25) is 0 Å². The Hall–Kier alpha value is -3.55. The molecule has 0 spiro atoms. The first-order chi connectivity index (χ1) is 18.2. The van der Waals surface area contributed by atoms with Gasteiger partial charge in [-0.1, -0.05) is 66.7 Å². The minimum Gasteiger partial charge on any atom is -0.497 e. The van der Waals surface area contributed by atoms with E-state index < -0.39 is 24.4 Å². The van der Waals surface area contributed by atoms with Crippen LogP contribution in [0.1, 0.15) is 50.3 Å². The van der Waals surface area contributed by atoms with E-state index in [1.807, 2.05) is 82.3 Å². The molecule has 1 aliphatic carbocycles. The lowest BCUT2D eigenvalue weighted by atomic mass is 9.77. The molecule has 0 aromatic heterocycles. The molecule has 7 heteroatoms. The Kier molecular flexibility index (Phi) is 7.08. The maximum Gasteiger partial charge on any atom is 0.492 e. The van der Waals surface area contributed by atoms with Crippen molar-refractivity contribution in [2.45, 2.75) is 44.8 Å². The normalized spacial score (nSPS) is 17.6. The lowest BCUT2D eigenvalue weighted by Gasteiger charge is -2.32. The molecule has 1 saturated heterocycles. The molecule has 1 heterocycles. The molecule has 0 bridgehead atoms. The minimum atomic E-state index is -0.611. The maximum absolute atomic E-state index is 12.9. The second-order valence-electron chi connectivity index (χ2n) is 10.8. The number of carbonyl (C=O) groups is 1. The van der Waals surface area contributed by atoms with Gasteiger partial charge in [-0.3, -0.25) is 0 Å². The number of ether oxygens (including phenoxy) is 2. The van der Waals surface area contributed by atoms with Gasteiger partial charge in [0, 0.05) is 12.5 Å². The highest BCUT2D eigenvalue weighted by Gasteiger charge is 2.52. The second-order valence-corrected chi connectivity index (χ2v) is 10.8. The summed E-state index contributed by atoms with van der Waals surface area (Å²) in [4.78, 5) is 12.9. The zero-order valence-corrected chi connectivity index (χ0v) is 22.6. The minimum absolute atomic E-state index is 0.00282. The van der Waals surface area contributed by atoms with Gasteiger partial charge in [0.2, 0.25) is 0 Å². The van der Waals surface area contributed by atoms with E-state index in [2.05, 4.69) is 29.6 Å². The summed E-state index contributed by atoms with van der Waals surface area (Å²) in [7, 11) is 1.02. The topological polar surface area (TPSA) is 66.0 Å². The van der Waals surface area contributed by atoms with Crippen molar-refractivity contribution in [3.8, 4) is 16.9 Å². The summed E-state index contributed by atoms with van der Waals surface area (Å²) in [5.41, 5.74) is 5.44. The number of methoxy groups -OCH3 is 1. The highest BCUT2D eigenvalue weighted by molar-refractivity contribution is 6.56. The summed E-state index contributed by atoms with van der Waals surface area (Å²) < 4.78 is 23.7. The third-order valence-corrected chi connectivity index (χ3v) is 7.78. The molecule has 0 atom stereocenters. The standard InChI is InChI=1S/C31H34BNO5/c1-30(2)31(3,4)38-32(37-30)22(17-21-11-10-12-23(18-21)35-5)19-33-29(34)36-20-28-26-15-8-6-13-24(26)25-14-7-9-16-27(25)28/h6-18,28H,19-20H2,1-5H3,(H,33,34). The van der Waals surface area contributed by atoms with Gasteiger partial charge in [-0.05, 0) is 73.1 Å². The molecule has 196 valence electrons. The van der Waals surface area contributed by atoms with Crippen molar-refractivity contribution in [2.24, 2.45) is 0 Å². The third kappa shape index (κ3) is 5.09. The summed E-state index contributed by atoms with van der Waals surface area (Å²) in [5.74, 6) is 0.750. The Morgan fingerprint density at radius 3 is 2.13 bits per heavy atom. The van der Waals surface area contributed by atoms with Gasteiger partial charge in [-0.2, -0.15) is 0 Å². The molecular weight excluding hydrogens is 477 g/mol. The highest BCUT2D eigenvalue weighted by atomic mass is 16.7. The lowest BCUT2D eigenvalue weighted by molar-refractivity contribution is 0.00578. The molecule has 1 aliphatic heterocycles. The van der Waals surface area contributed by atoms with Crippen LogP contribution >= 0.6 is 0 Å². The van der Waals surface area contributed by atoms with Crippen molar-refractivity contribution in [1.29, 1.82) is 0 Å². The number of amides is 1. The Bertz CT molecular complexity index is 1300. The molecule has 2 aliphatic rings. The zero-order valence-electron chi connectivity index (χ0n) is 22.6. The number of carbonyl (C=O) groups excluding carboxylic acids is 1. The molecule has 3 aromatic rings. The number of benzene rings is 3. The summed E-state index contributed by atoms with van der Waals surface area (Å²) in [6, 6.07) is 24.3. The summed E-state index contributed by atoms with van der Waals surface area (Å²) >= 11 is 0. The lowest BCUT2D eigenvalue weighted by Crippen LogP contribution is -2.41. The molecule has 3 aromatic carbocycles. The SMILES string of the molecule is COc1cccc(C=C(CNC(=O)OCC2c3ccccc3-c3ccccc32)B2OC(C)(C)C(C)(C)O2)c1. The van der Waals surface area contributed by atoms with Crippen LogP contribution in [0.3, 0.4) is 0 Å². The van der Waals surface area contributed by atoms with Crippen LogP contribution in [-0.2, 0) is 14.0 Å². The number of fused-ring (bicyclic) bond motifs is 3. The molecule has 1 fully saturated rings. The zero-order chi connectivity index (χ0) is 26.9. The number of alkyl carbamates (subject to hydrolysis) is 1. The molecule has 5 rings (SSSR count). The average Bonchev–Trinajstić information content (AvgIpc) is 3.34. The van der Waals surface area contributed by atoms with Crippen molar-refractivity contribution < 1.29 is 23.6 Å². The van der Waals surface area contributed by atoms with Gasteiger partial charge in [0.05, 0.1) is 18.3 Å². The van der Waals surface area contributed by atoms with E-state index in [1.54, 1.807) is 7.11 Å². The largest absolute Gasteiger partial charge is 0.497 e. The molecule has 0 radical (unpaired) electrons. The van der Waals surface area contributed by atoms with Crippen LogP contribution in [0.25, 0.3) is 17.2 Å². The Labute approximate surface area is 225 Å². The molecular formula is C31H34BNO5. The van der Waals surface area contributed by atoms with Crippen molar-refractivity contribution in [3.63, 3.8) is 0 Å². The summed E-state index contributed by atoms with van der Waals surface area (Å²) in [5, 5.41) is 2.91. The number of rotatable bonds is 7. The molecule has 1 N–H and O–H groups in total.